The van der Waals surface area contributed by atoms with Crippen LogP contribution in [0.4, 0.5) is 13.9 Å². The van der Waals surface area contributed by atoms with Crippen LogP contribution in [0.2, 0.25) is 0 Å². The van der Waals surface area contributed by atoms with E-state index in [0.29, 0.717) is 11.7 Å². The lowest BCUT2D eigenvalue weighted by molar-refractivity contribution is 0.0914. The molecule has 0 bridgehead atoms. The third-order valence-corrected chi connectivity index (χ3v) is 5.96. The summed E-state index contributed by atoms with van der Waals surface area (Å²) in [6.07, 6.45) is 2.47. The quantitative estimate of drug-likeness (QED) is 0.606. The van der Waals surface area contributed by atoms with Crippen LogP contribution in [0.3, 0.4) is 0 Å². The number of benzene rings is 2. The highest BCUT2D eigenvalue weighted by atomic mass is 32.1. The number of ether oxygens (including phenoxy) is 1. The standard InChI is InChI=1S/C21H20F2N2O2S/c1-2-13-5-3-7-18-19(13)24-21(28-18)25(12-15-6-4-10-27-15)20(26)16-9-8-14(22)11-17(16)23/h3,5,7-9,11,15H,2,4,6,10,12H2,1H3. The second kappa shape index (κ2) is 7.93. The van der Waals surface area contributed by atoms with Gasteiger partial charge < -0.3 is 4.74 Å². The Balaban J connectivity index is 1.75. The van der Waals surface area contributed by atoms with Gasteiger partial charge in [-0.2, -0.15) is 0 Å². The topological polar surface area (TPSA) is 42.4 Å². The van der Waals surface area contributed by atoms with Gasteiger partial charge in [0.1, 0.15) is 11.6 Å². The molecule has 3 aromatic rings. The van der Waals surface area contributed by atoms with E-state index in [4.69, 9.17) is 9.72 Å². The number of anilines is 1. The average molecular weight is 402 g/mol. The molecule has 0 spiro atoms. The smallest absolute Gasteiger partial charge is 0.263 e. The highest BCUT2D eigenvalue weighted by Gasteiger charge is 2.28. The van der Waals surface area contributed by atoms with Gasteiger partial charge in [-0.05, 0) is 43.0 Å². The SMILES string of the molecule is CCc1cccc2sc(N(CC3CCCO3)C(=O)c3ccc(F)cc3F)nc12. The summed E-state index contributed by atoms with van der Waals surface area (Å²) in [4.78, 5) is 19.3. The minimum atomic E-state index is -0.877. The summed E-state index contributed by atoms with van der Waals surface area (Å²) in [6, 6.07) is 8.94. The first-order chi connectivity index (χ1) is 13.6. The van der Waals surface area contributed by atoms with Crippen LogP contribution in [0.15, 0.2) is 36.4 Å². The predicted octanol–water partition coefficient (Wildman–Crippen LogP) is 4.96. The number of thiazole rings is 1. The van der Waals surface area contributed by atoms with E-state index >= 15 is 0 Å². The van der Waals surface area contributed by atoms with Crippen molar-refractivity contribution in [3.05, 3.63) is 59.2 Å². The monoisotopic (exact) mass is 402 g/mol. The maximum atomic E-state index is 14.3. The summed E-state index contributed by atoms with van der Waals surface area (Å²) < 4.78 is 34.2. The summed E-state index contributed by atoms with van der Waals surface area (Å²) in [7, 11) is 0. The Labute approximate surface area is 165 Å². The number of aromatic nitrogens is 1. The number of nitrogens with zero attached hydrogens (tertiary/aromatic N) is 2. The molecule has 1 aromatic heterocycles. The molecule has 4 nitrogen and oxygen atoms in total. The molecule has 0 radical (unpaired) electrons. The summed E-state index contributed by atoms with van der Waals surface area (Å²) in [6.45, 7) is 2.99. The number of amides is 1. The zero-order valence-corrected chi connectivity index (χ0v) is 16.3. The van der Waals surface area contributed by atoms with Crippen molar-refractivity contribution < 1.29 is 18.3 Å². The molecule has 0 saturated carbocycles. The van der Waals surface area contributed by atoms with E-state index in [1.54, 1.807) is 0 Å². The van der Waals surface area contributed by atoms with Crippen LogP contribution in [-0.4, -0.2) is 30.1 Å². The lowest BCUT2D eigenvalue weighted by atomic mass is 10.1. The van der Waals surface area contributed by atoms with Gasteiger partial charge >= 0.3 is 0 Å². The Hall–Kier alpha value is -2.38. The number of carbonyl (C=O) groups is 1. The van der Waals surface area contributed by atoms with E-state index in [9.17, 15) is 13.6 Å². The van der Waals surface area contributed by atoms with Crippen molar-refractivity contribution in [3.8, 4) is 0 Å². The molecule has 1 aliphatic rings. The maximum Gasteiger partial charge on any atom is 0.263 e. The van der Waals surface area contributed by atoms with Gasteiger partial charge in [0.25, 0.3) is 5.91 Å². The Bertz CT molecular complexity index is 1010. The van der Waals surface area contributed by atoms with Gasteiger partial charge in [-0.3, -0.25) is 9.69 Å². The Morgan fingerprint density at radius 3 is 2.89 bits per heavy atom. The molecule has 28 heavy (non-hydrogen) atoms. The van der Waals surface area contributed by atoms with Crippen molar-refractivity contribution >= 4 is 32.6 Å². The van der Waals surface area contributed by atoms with Crippen molar-refractivity contribution in [2.45, 2.75) is 32.3 Å². The number of halogens is 2. The van der Waals surface area contributed by atoms with Gasteiger partial charge in [-0.1, -0.05) is 30.4 Å². The molecule has 146 valence electrons. The molecule has 1 fully saturated rings. The number of rotatable bonds is 5. The second-order valence-corrected chi connectivity index (χ2v) is 7.80. The number of aryl methyl sites for hydroxylation is 1. The Kier molecular flexibility index (Phi) is 5.37. The van der Waals surface area contributed by atoms with Crippen LogP contribution in [-0.2, 0) is 11.2 Å². The van der Waals surface area contributed by atoms with Crippen molar-refractivity contribution in [3.63, 3.8) is 0 Å². The van der Waals surface area contributed by atoms with Crippen LogP contribution in [0.1, 0.15) is 35.7 Å². The highest BCUT2D eigenvalue weighted by molar-refractivity contribution is 7.22. The molecule has 1 atom stereocenters. The average Bonchev–Trinajstić information content (AvgIpc) is 3.34. The molecule has 7 heteroatoms. The van der Waals surface area contributed by atoms with Gasteiger partial charge in [0.05, 0.1) is 28.4 Å². The van der Waals surface area contributed by atoms with Crippen LogP contribution in [0, 0.1) is 11.6 Å². The third kappa shape index (κ3) is 3.64. The van der Waals surface area contributed by atoms with Gasteiger partial charge in [0.15, 0.2) is 5.13 Å². The fourth-order valence-corrected chi connectivity index (χ4v) is 4.46. The van der Waals surface area contributed by atoms with E-state index in [2.05, 4.69) is 6.92 Å². The first-order valence-electron chi connectivity index (χ1n) is 9.33. The van der Waals surface area contributed by atoms with E-state index in [0.717, 1.165) is 47.2 Å². The summed E-state index contributed by atoms with van der Waals surface area (Å²) >= 11 is 1.39. The zero-order chi connectivity index (χ0) is 19.7. The van der Waals surface area contributed by atoms with Gasteiger partial charge in [0.2, 0.25) is 0 Å². The zero-order valence-electron chi connectivity index (χ0n) is 15.5. The van der Waals surface area contributed by atoms with Gasteiger partial charge in [-0.25, -0.2) is 13.8 Å². The number of hydrogen-bond acceptors (Lipinski definition) is 4. The molecule has 1 amide bonds. The third-order valence-electron chi connectivity index (χ3n) is 4.92. The predicted molar refractivity (Wildman–Crippen MR) is 106 cm³/mol. The van der Waals surface area contributed by atoms with Crippen molar-refractivity contribution in [2.24, 2.45) is 0 Å². The van der Waals surface area contributed by atoms with Gasteiger partial charge in [0, 0.05) is 12.7 Å². The molecule has 2 aromatic carbocycles. The molecule has 1 aliphatic heterocycles. The van der Waals surface area contributed by atoms with Crippen molar-refractivity contribution in [1.29, 1.82) is 0 Å². The van der Waals surface area contributed by atoms with Crippen LogP contribution in [0.25, 0.3) is 10.2 Å². The molecular formula is C21H20F2N2O2S. The van der Waals surface area contributed by atoms with E-state index in [1.807, 2.05) is 18.2 Å². The van der Waals surface area contributed by atoms with Crippen LogP contribution >= 0.6 is 11.3 Å². The number of hydrogen-bond donors (Lipinski definition) is 0. The number of carbonyl (C=O) groups excluding carboxylic acids is 1. The highest BCUT2D eigenvalue weighted by Crippen LogP contribution is 2.33. The van der Waals surface area contributed by atoms with Crippen LogP contribution < -0.4 is 4.90 Å². The minimum absolute atomic E-state index is 0.120. The Morgan fingerprint density at radius 2 is 2.18 bits per heavy atom. The lowest BCUT2D eigenvalue weighted by Crippen LogP contribution is -2.38. The summed E-state index contributed by atoms with van der Waals surface area (Å²) in [5, 5.41) is 0.500. The molecular weight excluding hydrogens is 382 g/mol. The molecule has 1 unspecified atom stereocenters. The molecule has 2 heterocycles. The summed E-state index contributed by atoms with van der Waals surface area (Å²) in [5.74, 6) is -2.13. The van der Waals surface area contributed by atoms with E-state index in [-0.39, 0.29) is 18.2 Å². The fraction of sp³-hybridized carbons (Fsp3) is 0.333. The summed E-state index contributed by atoms with van der Waals surface area (Å²) in [5.41, 5.74) is 1.78. The number of para-hydroxylation sites is 1. The second-order valence-electron chi connectivity index (χ2n) is 6.79. The Morgan fingerprint density at radius 1 is 1.32 bits per heavy atom. The first kappa shape index (κ1) is 19.0. The van der Waals surface area contributed by atoms with E-state index < -0.39 is 17.5 Å². The maximum absolute atomic E-state index is 14.3. The number of fused-ring (bicyclic) bond motifs is 1. The van der Waals surface area contributed by atoms with E-state index in [1.165, 1.54) is 22.3 Å². The van der Waals surface area contributed by atoms with Gasteiger partial charge in [-0.15, -0.1) is 0 Å². The minimum Gasteiger partial charge on any atom is -0.376 e. The molecule has 4 rings (SSSR count). The van der Waals surface area contributed by atoms with Crippen molar-refractivity contribution in [2.75, 3.05) is 18.1 Å². The normalized spacial score (nSPS) is 16.6. The molecule has 1 saturated heterocycles. The lowest BCUT2D eigenvalue weighted by Gasteiger charge is -2.23. The fourth-order valence-electron chi connectivity index (χ4n) is 3.44. The largest absolute Gasteiger partial charge is 0.376 e. The van der Waals surface area contributed by atoms with Crippen molar-refractivity contribution in [1.82, 2.24) is 4.98 Å². The first-order valence-corrected chi connectivity index (χ1v) is 10.2. The van der Waals surface area contributed by atoms with Crippen LogP contribution in [0.5, 0.6) is 0 Å². The molecule has 0 N–H and O–H groups in total. The molecule has 0 aliphatic carbocycles.